The van der Waals surface area contributed by atoms with Crippen LogP contribution in [0.3, 0.4) is 0 Å². The van der Waals surface area contributed by atoms with Crippen LogP contribution in [0.5, 0.6) is 0 Å². The molecule has 1 amide bonds. The van der Waals surface area contributed by atoms with Crippen LogP contribution in [0.15, 0.2) is 0 Å². The van der Waals surface area contributed by atoms with Crippen molar-refractivity contribution in [2.45, 2.75) is 32.7 Å². The summed E-state index contributed by atoms with van der Waals surface area (Å²) >= 11 is 4.03. The molecule has 1 aromatic heterocycles. The lowest BCUT2D eigenvalue weighted by atomic mass is 10.2. The molecule has 2 heterocycles. The third-order valence-electron chi connectivity index (χ3n) is 3.48. The second kappa shape index (κ2) is 5.77. The van der Waals surface area contributed by atoms with E-state index in [-0.39, 0.29) is 23.5 Å². The molecule has 112 valence electrons. The highest BCUT2D eigenvalue weighted by atomic mass is 32.2. The topological polar surface area (TPSA) is 81.1 Å². The van der Waals surface area contributed by atoms with E-state index in [1.165, 1.54) is 0 Å². The molecule has 1 N–H and O–H groups in total. The molecule has 8 heteroatoms. The minimum absolute atomic E-state index is 0.107. The van der Waals surface area contributed by atoms with Crippen molar-refractivity contribution in [2.24, 2.45) is 0 Å². The van der Waals surface area contributed by atoms with Gasteiger partial charge < -0.3 is 5.32 Å². The van der Waals surface area contributed by atoms with E-state index in [2.05, 4.69) is 23.0 Å². The molecule has 1 fully saturated rings. The molecule has 1 aliphatic heterocycles. The zero-order valence-electron chi connectivity index (χ0n) is 11.6. The number of hydrogen-bond donors (Lipinski definition) is 2. The van der Waals surface area contributed by atoms with E-state index in [4.69, 9.17) is 0 Å². The summed E-state index contributed by atoms with van der Waals surface area (Å²) in [5, 5.41) is 7.21. The van der Waals surface area contributed by atoms with Crippen LogP contribution < -0.4 is 5.32 Å². The fraction of sp³-hybridized carbons (Fsp3) is 0.667. The minimum atomic E-state index is -2.95. The van der Waals surface area contributed by atoms with Crippen LogP contribution in [-0.2, 0) is 14.6 Å². The number of rotatable bonds is 4. The SMILES string of the molecule is Cc1nn(C2CCS(=O)(=O)C2)c(C)c1NC(=O)CCS. The molecule has 1 aliphatic rings. The van der Waals surface area contributed by atoms with Crippen molar-refractivity contribution in [3.63, 3.8) is 0 Å². The van der Waals surface area contributed by atoms with Gasteiger partial charge in [0.25, 0.3) is 0 Å². The summed E-state index contributed by atoms with van der Waals surface area (Å²) in [5.74, 6) is 0.708. The number of amides is 1. The largest absolute Gasteiger partial charge is 0.323 e. The molecule has 2 rings (SSSR count). The summed E-state index contributed by atoms with van der Waals surface area (Å²) in [4.78, 5) is 11.7. The molecule has 0 aliphatic carbocycles. The first-order chi connectivity index (χ1) is 9.34. The summed E-state index contributed by atoms with van der Waals surface area (Å²) < 4.78 is 24.9. The summed E-state index contributed by atoms with van der Waals surface area (Å²) in [7, 11) is -2.95. The first kappa shape index (κ1) is 15.4. The van der Waals surface area contributed by atoms with Crippen molar-refractivity contribution in [2.75, 3.05) is 22.6 Å². The van der Waals surface area contributed by atoms with E-state index in [1.807, 2.05) is 13.8 Å². The maximum atomic E-state index is 11.7. The van der Waals surface area contributed by atoms with Gasteiger partial charge >= 0.3 is 0 Å². The zero-order chi connectivity index (χ0) is 14.9. The molecule has 1 unspecified atom stereocenters. The van der Waals surface area contributed by atoms with Crippen molar-refractivity contribution in [1.29, 1.82) is 0 Å². The second-order valence-electron chi connectivity index (χ2n) is 5.07. The number of carbonyl (C=O) groups excluding carboxylic acids is 1. The Labute approximate surface area is 124 Å². The number of aromatic nitrogens is 2. The standard InChI is InChI=1S/C12H19N3O3S2/c1-8-12(13-11(16)3-5-19)9(2)15(14-8)10-4-6-20(17,18)7-10/h10,19H,3-7H2,1-2H3,(H,13,16). The Balaban J connectivity index is 2.23. The van der Waals surface area contributed by atoms with E-state index < -0.39 is 9.84 Å². The lowest BCUT2D eigenvalue weighted by Gasteiger charge is -2.11. The van der Waals surface area contributed by atoms with Crippen LogP contribution in [0.4, 0.5) is 5.69 Å². The van der Waals surface area contributed by atoms with Gasteiger partial charge in [0, 0.05) is 6.42 Å². The predicted octanol–water partition coefficient (Wildman–Crippen LogP) is 1.12. The average Bonchev–Trinajstić information content (AvgIpc) is 2.84. The monoisotopic (exact) mass is 317 g/mol. The molecule has 1 saturated heterocycles. The first-order valence-corrected chi connectivity index (χ1v) is 8.96. The summed E-state index contributed by atoms with van der Waals surface area (Å²) in [6.07, 6.45) is 0.916. The minimum Gasteiger partial charge on any atom is -0.323 e. The number of nitrogens with one attached hydrogen (secondary N) is 1. The Bertz CT molecular complexity index is 622. The van der Waals surface area contributed by atoms with Gasteiger partial charge in [-0.3, -0.25) is 9.48 Å². The summed E-state index contributed by atoms with van der Waals surface area (Å²) in [6.45, 7) is 3.66. The highest BCUT2D eigenvalue weighted by Crippen LogP contribution is 2.29. The number of aryl methyl sites for hydroxylation is 1. The quantitative estimate of drug-likeness (QED) is 0.815. The van der Waals surface area contributed by atoms with E-state index in [1.54, 1.807) is 4.68 Å². The fourth-order valence-electron chi connectivity index (χ4n) is 2.47. The number of hydrogen-bond acceptors (Lipinski definition) is 5. The van der Waals surface area contributed by atoms with Crippen molar-refractivity contribution >= 4 is 34.1 Å². The van der Waals surface area contributed by atoms with E-state index in [9.17, 15) is 13.2 Å². The Morgan fingerprint density at radius 2 is 2.20 bits per heavy atom. The molecule has 1 atom stereocenters. The van der Waals surface area contributed by atoms with Gasteiger partial charge in [-0.1, -0.05) is 0 Å². The van der Waals surface area contributed by atoms with Gasteiger partial charge in [-0.15, -0.1) is 0 Å². The molecular formula is C12H19N3O3S2. The second-order valence-corrected chi connectivity index (χ2v) is 7.74. The van der Waals surface area contributed by atoms with Gasteiger partial charge in [-0.25, -0.2) is 8.42 Å². The van der Waals surface area contributed by atoms with E-state index >= 15 is 0 Å². The molecule has 0 spiro atoms. The van der Waals surface area contributed by atoms with Gasteiger partial charge in [0.1, 0.15) is 0 Å². The molecule has 20 heavy (non-hydrogen) atoms. The number of thiol groups is 1. The molecule has 0 radical (unpaired) electrons. The van der Waals surface area contributed by atoms with Crippen LogP contribution in [0, 0.1) is 13.8 Å². The number of nitrogens with zero attached hydrogens (tertiary/aromatic N) is 2. The average molecular weight is 317 g/mol. The van der Waals surface area contributed by atoms with Crippen molar-refractivity contribution < 1.29 is 13.2 Å². The number of carbonyl (C=O) groups is 1. The summed E-state index contributed by atoms with van der Waals surface area (Å²) in [5.41, 5.74) is 2.19. The number of anilines is 1. The molecule has 0 saturated carbocycles. The van der Waals surface area contributed by atoms with Crippen molar-refractivity contribution in [1.82, 2.24) is 9.78 Å². The zero-order valence-corrected chi connectivity index (χ0v) is 13.3. The lowest BCUT2D eigenvalue weighted by Crippen LogP contribution is -2.15. The van der Waals surface area contributed by atoms with Gasteiger partial charge in [-0.2, -0.15) is 17.7 Å². The van der Waals surface area contributed by atoms with Crippen LogP contribution >= 0.6 is 12.6 Å². The maximum Gasteiger partial charge on any atom is 0.225 e. The lowest BCUT2D eigenvalue weighted by molar-refractivity contribution is -0.115. The maximum absolute atomic E-state index is 11.7. The molecule has 0 bridgehead atoms. The van der Waals surface area contributed by atoms with Gasteiger partial charge in [0.15, 0.2) is 9.84 Å². The molecular weight excluding hydrogens is 298 g/mol. The van der Waals surface area contributed by atoms with Gasteiger partial charge in [0.2, 0.25) is 5.91 Å². The third-order valence-corrected chi connectivity index (χ3v) is 5.46. The van der Waals surface area contributed by atoms with Crippen molar-refractivity contribution in [3.8, 4) is 0 Å². The first-order valence-electron chi connectivity index (χ1n) is 6.51. The molecule has 1 aromatic rings. The van der Waals surface area contributed by atoms with Crippen LogP contribution in [0.2, 0.25) is 0 Å². The number of sulfone groups is 1. The smallest absolute Gasteiger partial charge is 0.225 e. The van der Waals surface area contributed by atoms with Crippen LogP contribution in [-0.4, -0.2) is 41.4 Å². The highest BCUT2D eigenvalue weighted by Gasteiger charge is 2.31. The van der Waals surface area contributed by atoms with E-state index in [0.717, 1.165) is 5.69 Å². The van der Waals surface area contributed by atoms with Crippen LogP contribution in [0.25, 0.3) is 0 Å². The van der Waals surface area contributed by atoms with Gasteiger partial charge in [0.05, 0.1) is 34.6 Å². The predicted molar refractivity (Wildman–Crippen MR) is 81.1 cm³/mol. The Morgan fingerprint density at radius 1 is 1.50 bits per heavy atom. The van der Waals surface area contributed by atoms with Crippen molar-refractivity contribution in [3.05, 3.63) is 11.4 Å². The Hall–Kier alpha value is -1.02. The molecule has 0 aromatic carbocycles. The third kappa shape index (κ3) is 3.17. The Morgan fingerprint density at radius 3 is 2.75 bits per heavy atom. The normalized spacial score (nSPS) is 21.1. The van der Waals surface area contributed by atoms with Gasteiger partial charge in [-0.05, 0) is 26.0 Å². The fourth-order valence-corrected chi connectivity index (χ4v) is 4.37. The highest BCUT2D eigenvalue weighted by molar-refractivity contribution is 7.91. The molecule has 6 nitrogen and oxygen atoms in total. The van der Waals surface area contributed by atoms with E-state index in [0.29, 0.717) is 30.0 Å². The Kier molecular flexibility index (Phi) is 4.43. The van der Waals surface area contributed by atoms with Crippen LogP contribution in [0.1, 0.15) is 30.3 Å². The summed E-state index contributed by atoms with van der Waals surface area (Å²) in [6, 6.07) is -0.130.